The number of amides is 1. The van der Waals surface area contributed by atoms with E-state index in [1.807, 2.05) is 36.4 Å². The molecule has 3 aromatic rings. The van der Waals surface area contributed by atoms with Gasteiger partial charge in [-0.25, -0.2) is 4.98 Å². The molecule has 26 heavy (non-hydrogen) atoms. The molecule has 6 nitrogen and oxygen atoms in total. The van der Waals surface area contributed by atoms with Gasteiger partial charge in [-0.1, -0.05) is 18.2 Å². The van der Waals surface area contributed by atoms with E-state index in [2.05, 4.69) is 20.3 Å². The van der Waals surface area contributed by atoms with Gasteiger partial charge in [0.05, 0.1) is 17.8 Å². The normalized spacial score (nSPS) is 20.2. The molecule has 1 fully saturated rings. The third kappa shape index (κ3) is 3.36. The highest BCUT2D eigenvalue weighted by Gasteiger charge is 2.36. The molecule has 1 atom stereocenters. The van der Waals surface area contributed by atoms with Gasteiger partial charge in [0, 0.05) is 29.7 Å². The Labute approximate surface area is 151 Å². The zero-order chi connectivity index (χ0) is 17.9. The van der Waals surface area contributed by atoms with E-state index in [-0.39, 0.29) is 24.0 Å². The van der Waals surface area contributed by atoms with Crippen molar-refractivity contribution in [1.82, 2.24) is 20.3 Å². The van der Waals surface area contributed by atoms with Crippen molar-refractivity contribution < 1.29 is 9.90 Å². The summed E-state index contributed by atoms with van der Waals surface area (Å²) in [5, 5.41) is 12.8. The number of hydrogen-bond donors (Lipinski definition) is 3. The van der Waals surface area contributed by atoms with Gasteiger partial charge in [-0.15, -0.1) is 0 Å². The maximum Gasteiger partial charge on any atom is 0.251 e. The highest BCUT2D eigenvalue weighted by atomic mass is 16.3. The molecule has 6 heteroatoms. The first kappa shape index (κ1) is 16.5. The van der Waals surface area contributed by atoms with Gasteiger partial charge >= 0.3 is 0 Å². The minimum Gasteiger partial charge on any atom is -0.393 e. The van der Waals surface area contributed by atoms with Gasteiger partial charge in [0.25, 0.3) is 5.91 Å². The number of aliphatic hydroxyl groups excluding tert-OH is 1. The number of aromatic nitrogens is 3. The van der Waals surface area contributed by atoms with Crippen LogP contribution in [-0.2, 0) is 0 Å². The second-order valence-corrected chi connectivity index (χ2v) is 6.61. The highest BCUT2D eigenvalue weighted by molar-refractivity contribution is 5.95. The van der Waals surface area contributed by atoms with Crippen molar-refractivity contribution in [2.24, 2.45) is 5.92 Å². The van der Waals surface area contributed by atoms with Crippen LogP contribution < -0.4 is 5.32 Å². The summed E-state index contributed by atoms with van der Waals surface area (Å²) >= 11 is 0. The summed E-state index contributed by atoms with van der Waals surface area (Å²) in [6.45, 7) is 0. The lowest BCUT2D eigenvalue weighted by atomic mass is 9.76. The van der Waals surface area contributed by atoms with Crippen LogP contribution in [-0.4, -0.2) is 32.1 Å². The maximum atomic E-state index is 12.8. The third-order valence-electron chi connectivity index (χ3n) is 4.81. The van der Waals surface area contributed by atoms with Crippen LogP contribution in [0.15, 0.2) is 61.1 Å². The average Bonchev–Trinajstić information content (AvgIpc) is 3.19. The Bertz CT molecular complexity index is 874. The van der Waals surface area contributed by atoms with E-state index in [0.29, 0.717) is 18.4 Å². The number of carbonyl (C=O) groups is 1. The van der Waals surface area contributed by atoms with E-state index in [4.69, 9.17) is 0 Å². The lowest BCUT2D eigenvalue weighted by molar-refractivity contribution is 0.0228. The molecule has 4 rings (SSSR count). The fourth-order valence-corrected chi connectivity index (χ4v) is 3.35. The number of rotatable bonds is 5. The first-order chi connectivity index (χ1) is 12.7. The van der Waals surface area contributed by atoms with Gasteiger partial charge in [-0.2, -0.15) is 0 Å². The molecule has 1 amide bonds. The van der Waals surface area contributed by atoms with Gasteiger partial charge in [0.15, 0.2) is 0 Å². The second kappa shape index (κ2) is 7.09. The maximum absolute atomic E-state index is 12.8. The molecule has 3 N–H and O–H groups in total. The van der Waals surface area contributed by atoms with E-state index < -0.39 is 0 Å². The largest absolute Gasteiger partial charge is 0.393 e. The Morgan fingerprint density at radius 2 is 2.04 bits per heavy atom. The lowest BCUT2D eigenvalue weighted by Gasteiger charge is -2.37. The third-order valence-corrected chi connectivity index (χ3v) is 4.81. The molecular weight excluding hydrogens is 328 g/mol. The number of aromatic amines is 1. The molecule has 0 spiro atoms. The van der Waals surface area contributed by atoms with Crippen molar-refractivity contribution in [2.75, 3.05) is 0 Å². The van der Waals surface area contributed by atoms with Gasteiger partial charge in [0.2, 0.25) is 0 Å². The van der Waals surface area contributed by atoms with Gasteiger partial charge in [-0.05, 0) is 43.0 Å². The van der Waals surface area contributed by atoms with Crippen LogP contribution in [0, 0.1) is 5.92 Å². The summed E-state index contributed by atoms with van der Waals surface area (Å²) < 4.78 is 0. The minimum absolute atomic E-state index is 0.157. The predicted molar refractivity (Wildman–Crippen MR) is 97.2 cm³/mol. The fraction of sp³-hybridized carbons (Fsp3) is 0.250. The Balaban J connectivity index is 1.56. The number of imidazole rings is 1. The summed E-state index contributed by atoms with van der Waals surface area (Å²) in [6, 6.07) is 12.8. The quantitative estimate of drug-likeness (QED) is 0.661. The van der Waals surface area contributed by atoms with Gasteiger partial charge in [-0.3, -0.25) is 9.78 Å². The zero-order valence-corrected chi connectivity index (χ0v) is 14.2. The number of carbonyl (C=O) groups excluding carboxylic acids is 1. The molecule has 2 aromatic heterocycles. The summed E-state index contributed by atoms with van der Waals surface area (Å²) in [5.41, 5.74) is 2.25. The van der Waals surface area contributed by atoms with Gasteiger partial charge < -0.3 is 15.4 Å². The Morgan fingerprint density at radius 3 is 2.73 bits per heavy atom. The zero-order valence-electron chi connectivity index (χ0n) is 14.2. The van der Waals surface area contributed by atoms with Crippen LogP contribution in [0.25, 0.3) is 11.4 Å². The molecule has 1 saturated carbocycles. The van der Waals surface area contributed by atoms with Crippen LogP contribution in [0.5, 0.6) is 0 Å². The first-order valence-electron chi connectivity index (χ1n) is 8.70. The molecule has 0 bridgehead atoms. The number of pyridine rings is 1. The smallest absolute Gasteiger partial charge is 0.251 e. The number of nitrogens with zero attached hydrogens (tertiary/aromatic N) is 2. The van der Waals surface area contributed by atoms with Crippen molar-refractivity contribution in [1.29, 1.82) is 0 Å². The van der Waals surface area contributed by atoms with E-state index in [0.717, 1.165) is 17.1 Å². The van der Waals surface area contributed by atoms with Crippen molar-refractivity contribution in [2.45, 2.75) is 25.0 Å². The molecule has 1 aliphatic rings. The number of hydrogen-bond acceptors (Lipinski definition) is 4. The molecular formula is C20H20N4O2. The van der Waals surface area contributed by atoms with Crippen LogP contribution in [0.1, 0.15) is 34.9 Å². The number of H-pyrrole nitrogens is 1. The minimum atomic E-state index is -0.287. The van der Waals surface area contributed by atoms with Crippen LogP contribution in [0.2, 0.25) is 0 Å². The molecule has 1 aromatic carbocycles. The Morgan fingerprint density at radius 1 is 1.15 bits per heavy atom. The van der Waals surface area contributed by atoms with Crippen molar-refractivity contribution in [3.05, 3.63) is 72.3 Å². The molecule has 132 valence electrons. The number of aliphatic hydroxyl groups is 1. The SMILES string of the molecule is O=C(N[C@H](c1ccccn1)C1CC(O)C1)c1cccc(-c2ncc[nH]2)c1. The predicted octanol–water partition coefficient (Wildman–Crippen LogP) is 2.71. The van der Waals surface area contributed by atoms with Crippen LogP contribution in [0.3, 0.4) is 0 Å². The summed E-state index contributed by atoms with van der Waals surface area (Å²) in [4.78, 5) is 24.5. The molecule has 0 unspecified atom stereocenters. The summed E-state index contributed by atoms with van der Waals surface area (Å²) in [6.07, 6.45) is 6.22. The molecule has 0 saturated heterocycles. The lowest BCUT2D eigenvalue weighted by Crippen LogP contribution is -2.41. The van der Waals surface area contributed by atoms with Crippen molar-refractivity contribution >= 4 is 5.91 Å². The molecule has 0 aliphatic heterocycles. The monoisotopic (exact) mass is 348 g/mol. The first-order valence-corrected chi connectivity index (χ1v) is 8.70. The molecule has 2 heterocycles. The number of nitrogens with one attached hydrogen (secondary N) is 2. The van der Waals surface area contributed by atoms with Gasteiger partial charge in [0.1, 0.15) is 5.82 Å². The van der Waals surface area contributed by atoms with Crippen molar-refractivity contribution in [3.8, 4) is 11.4 Å². The van der Waals surface area contributed by atoms with E-state index in [1.165, 1.54) is 0 Å². The standard InChI is InChI=1S/C20H20N4O2/c25-16-11-15(12-16)18(17-6-1-2-7-21-17)24-20(26)14-5-3-4-13(10-14)19-22-8-9-23-19/h1-10,15-16,18,25H,11-12H2,(H,22,23)(H,24,26)/t15?,16?,18-/m0/s1. The van der Waals surface area contributed by atoms with Crippen LogP contribution >= 0.6 is 0 Å². The summed E-state index contributed by atoms with van der Waals surface area (Å²) in [5.74, 6) is 0.760. The topological polar surface area (TPSA) is 90.9 Å². The Kier molecular flexibility index (Phi) is 4.50. The number of benzene rings is 1. The molecule has 0 radical (unpaired) electrons. The van der Waals surface area contributed by atoms with E-state index in [9.17, 15) is 9.90 Å². The molecule has 1 aliphatic carbocycles. The average molecular weight is 348 g/mol. The summed E-state index contributed by atoms with van der Waals surface area (Å²) in [7, 11) is 0. The van der Waals surface area contributed by atoms with Crippen LogP contribution in [0.4, 0.5) is 0 Å². The highest BCUT2D eigenvalue weighted by Crippen LogP contribution is 2.37. The Hall–Kier alpha value is -2.99. The fourth-order valence-electron chi connectivity index (χ4n) is 3.35. The van der Waals surface area contributed by atoms with E-state index in [1.54, 1.807) is 24.7 Å². The van der Waals surface area contributed by atoms with E-state index >= 15 is 0 Å². The van der Waals surface area contributed by atoms with Crippen molar-refractivity contribution in [3.63, 3.8) is 0 Å². The second-order valence-electron chi connectivity index (χ2n) is 6.61.